The first-order chi connectivity index (χ1) is 16.3. The molecular formula is C25H30N4O4S. The molecule has 1 fully saturated rings. The fourth-order valence-electron chi connectivity index (χ4n) is 4.50. The van der Waals surface area contributed by atoms with E-state index in [1.54, 1.807) is 12.1 Å². The molecule has 1 aliphatic heterocycles. The number of rotatable bonds is 7. The molecule has 0 saturated carbocycles. The summed E-state index contributed by atoms with van der Waals surface area (Å²) in [6.07, 6.45) is 2.39. The molecule has 0 spiro atoms. The van der Waals surface area contributed by atoms with E-state index in [0.717, 1.165) is 29.9 Å². The first-order valence-electron chi connectivity index (χ1n) is 11.7. The number of benzene rings is 2. The minimum atomic E-state index is -3.64. The number of fused-ring (bicyclic) bond motifs is 1. The van der Waals surface area contributed by atoms with Gasteiger partial charge in [-0.1, -0.05) is 31.2 Å². The van der Waals surface area contributed by atoms with Gasteiger partial charge in [0, 0.05) is 31.7 Å². The summed E-state index contributed by atoms with van der Waals surface area (Å²) >= 11 is 0. The molecule has 1 saturated heterocycles. The van der Waals surface area contributed by atoms with Crippen LogP contribution in [-0.2, 0) is 23.0 Å². The third kappa shape index (κ3) is 4.99. The van der Waals surface area contributed by atoms with Gasteiger partial charge in [-0.2, -0.15) is 0 Å². The van der Waals surface area contributed by atoms with E-state index < -0.39 is 15.9 Å². The van der Waals surface area contributed by atoms with Crippen molar-refractivity contribution in [3.8, 4) is 0 Å². The largest absolute Gasteiger partial charge is 0.371 e. The number of carbonyl (C=O) groups is 1. The van der Waals surface area contributed by atoms with Gasteiger partial charge < -0.3 is 4.90 Å². The van der Waals surface area contributed by atoms with Crippen molar-refractivity contribution in [2.45, 2.75) is 39.7 Å². The molecule has 2 heterocycles. The fourth-order valence-corrected chi connectivity index (χ4v) is 5.03. The van der Waals surface area contributed by atoms with Crippen molar-refractivity contribution in [1.82, 2.24) is 14.3 Å². The lowest BCUT2D eigenvalue weighted by Gasteiger charge is -2.35. The molecule has 0 radical (unpaired) electrons. The van der Waals surface area contributed by atoms with Gasteiger partial charge in [0.2, 0.25) is 10.0 Å². The third-order valence-corrected chi connectivity index (χ3v) is 7.69. The second-order valence-corrected chi connectivity index (χ2v) is 10.6. The number of aromatic nitrogens is 2. The fraction of sp³-hybridized carbons (Fsp3) is 0.400. The summed E-state index contributed by atoms with van der Waals surface area (Å²) in [4.78, 5) is 32.6. The molecule has 3 aromatic rings. The molecule has 0 unspecified atom stereocenters. The molecule has 1 aliphatic rings. The molecule has 1 amide bonds. The Morgan fingerprint density at radius 2 is 1.74 bits per heavy atom. The second-order valence-electron chi connectivity index (χ2n) is 8.60. The Labute approximate surface area is 199 Å². The highest BCUT2D eigenvalue weighted by molar-refractivity contribution is 7.90. The number of hydrogen-bond donors (Lipinski definition) is 1. The van der Waals surface area contributed by atoms with Gasteiger partial charge in [-0.25, -0.2) is 18.1 Å². The van der Waals surface area contributed by atoms with Crippen LogP contribution in [0.1, 0.15) is 42.9 Å². The van der Waals surface area contributed by atoms with Crippen molar-refractivity contribution in [2.24, 2.45) is 5.92 Å². The van der Waals surface area contributed by atoms with Crippen LogP contribution in [0.5, 0.6) is 0 Å². The lowest BCUT2D eigenvalue weighted by molar-refractivity contribution is 0.0982. The highest BCUT2D eigenvalue weighted by Crippen LogP contribution is 2.27. The minimum Gasteiger partial charge on any atom is -0.371 e. The molecule has 0 aliphatic carbocycles. The summed E-state index contributed by atoms with van der Waals surface area (Å²) in [5.41, 5.74) is 1.81. The zero-order valence-corrected chi connectivity index (χ0v) is 20.3. The van der Waals surface area contributed by atoms with Gasteiger partial charge in [0.15, 0.2) is 0 Å². The van der Waals surface area contributed by atoms with Gasteiger partial charge in [0.25, 0.3) is 11.5 Å². The maximum absolute atomic E-state index is 13.1. The molecule has 2 aromatic carbocycles. The zero-order chi connectivity index (χ0) is 24.3. The number of nitrogens with zero attached hydrogens (tertiary/aromatic N) is 3. The van der Waals surface area contributed by atoms with Crippen molar-refractivity contribution >= 4 is 32.5 Å². The molecule has 4 rings (SSSR count). The average molecular weight is 483 g/mol. The predicted molar refractivity (Wildman–Crippen MR) is 134 cm³/mol. The van der Waals surface area contributed by atoms with E-state index in [1.165, 1.54) is 6.92 Å². The van der Waals surface area contributed by atoms with Crippen LogP contribution in [0.2, 0.25) is 0 Å². The number of aryl methyl sites for hydroxylation is 1. The van der Waals surface area contributed by atoms with E-state index in [-0.39, 0.29) is 11.3 Å². The number of hydrogen-bond acceptors (Lipinski definition) is 6. The second kappa shape index (κ2) is 9.97. The Hall–Kier alpha value is -3.20. The molecule has 1 aromatic heterocycles. The highest BCUT2D eigenvalue weighted by Gasteiger charge is 2.25. The Balaban J connectivity index is 1.50. The molecule has 0 bridgehead atoms. The maximum atomic E-state index is 13.1. The number of piperidine rings is 1. The molecule has 9 heteroatoms. The Bertz CT molecular complexity index is 1360. The first-order valence-corrected chi connectivity index (χ1v) is 13.4. The summed E-state index contributed by atoms with van der Waals surface area (Å²) in [6.45, 7) is 5.55. The maximum Gasteiger partial charge on any atom is 0.266 e. The number of carbonyl (C=O) groups excluding carboxylic acids is 1. The van der Waals surface area contributed by atoms with E-state index >= 15 is 0 Å². The SMILES string of the molecule is CCc1nc2ccccc2c(=O)n1CC1CCN(c2ccccc2C(=O)NS(=O)(=O)CC)CC1. The predicted octanol–water partition coefficient (Wildman–Crippen LogP) is 2.96. The number of anilines is 1. The first kappa shape index (κ1) is 23.9. The van der Waals surface area contributed by atoms with Gasteiger partial charge in [0.05, 0.1) is 22.2 Å². The van der Waals surface area contributed by atoms with Gasteiger partial charge in [0.1, 0.15) is 5.82 Å². The molecule has 34 heavy (non-hydrogen) atoms. The Morgan fingerprint density at radius 3 is 2.44 bits per heavy atom. The van der Waals surface area contributed by atoms with Crippen LogP contribution >= 0.6 is 0 Å². The Kier molecular flexibility index (Phi) is 7.02. The van der Waals surface area contributed by atoms with Crippen molar-refractivity contribution < 1.29 is 13.2 Å². The third-order valence-electron chi connectivity index (χ3n) is 6.43. The number of sulfonamides is 1. The van der Waals surface area contributed by atoms with E-state index in [4.69, 9.17) is 4.98 Å². The van der Waals surface area contributed by atoms with Gasteiger partial charge in [-0.15, -0.1) is 0 Å². The van der Waals surface area contributed by atoms with E-state index in [1.807, 2.05) is 47.9 Å². The van der Waals surface area contributed by atoms with Crippen molar-refractivity contribution in [1.29, 1.82) is 0 Å². The smallest absolute Gasteiger partial charge is 0.266 e. The van der Waals surface area contributed by atoms with Gasteiger partial charge in [-0.05, 0) is 49.9 Å². The standard InChI is InChI=1S/C25H30N4O4S/c1-3-23-26-21-11-7-5-9-19(21)25(31)29(23)17-18-13-15-28(16-14-18)22-12-8-6-10-20(22)24(30)27-34(32,33)4-2/h5-12,18H,3-4,13-17H2,1-2H3,(H,27,30). The normalized spacial score (nSPS) is 14.9. The van der Waals surface area contributed by atoms with E-state index in [2.05, 4.69) is 9.62 Å². The van der Waals surface area contributed by atoms with Crippen molar-refractivity contribution in [2.75, 3.05) is 23.7 Å². The summed E-state index contributed by atoms with van der Waals surface area (Å²) < 4.78 is 27.7. The molecular weight excluding hydrogens is 452 g/mol. The lowest BCUT2D eigenvalue weighted by Crippen LogP contribution is -2.39. The summed E-state index contributed by atoms with van der Waals surface area (Å²) in [5.74, 6) is 0.338. The number of nitrogens with one attached hydrogen (secondary N) is 1. The van der Waals surface area contributed by atoms with Crippen LogP contribution in [0.15, 0.2) is 53.3 Å². The van der Waals surface area contributed by atoms with Crippen LogP contribution in [0.3, 0.4) is 0 Å². The van der Waals surface area contributed by atoms with E-state index in [0.29, 0.717) is 42.9 Å². The summed E-state index contributed by atoms with van der Waals surface area (Å²) in [5, 5.41) is 0.638. The molecule has 1 N–H and O–H groups in total. The molecule has 180 valence electrons. The van der Waals surface area contributed by atoms with Crippen molar-refractivity contribution in [3.05, 3.63) is 70.3 Å². The molecule has 8 nitrogen and oxygen atoms in total. The van der Waals surface area contributed by atoms with Crippen LogP contribution < -0.4 is 15.2 Å². The number of amides is 1. The summed E-state index contributed by atoms with van der Waals surface area (Å²) in [7, 11) is -3.64. The summed E-state index contributed by atoms with van der Waals surface area (Å²) in [6, 6.07) is 14.5. The monoisotopic (exact) mass is 482 g/mol. The van der Waals surface area contributed by atoms with Crippen LogP contribution in [0.4, 0.5) is 5.69 Å². The lowest BCUT2D eigenvalue weighted by atomic mass is 9.95. The van der Waals surface area contributed by atoms with Gasteiger partial charge in [-0.3, -0.25) is 14.2 Å². The zero-order valence-electron chi connectivity index (χ0n) is 19.5. The quantitative estimate of drug-likeness (QED) is 0.556. The van der Waals surface area contributed by atoms with Gasteiger partial charge >= 0.3 is 0 Å². The topological polar surface area (TPSA) is 101 Å². The highest BCUT2D eigenvalue weighted by atomic mass is 32.2. The average Bonchev–Trinajstić information content (AvgIpc) is 2.86. The molecule has 0 atom stereocenters. The van der Waals surface area contributed by atoms with E-state index in [9.17, 15) is 18.0 Å². The van der Waals surface area contributed by atoms with Crippen LogP contribution in [0, 0.1) is 5.92 Å². The minimum absolute atomic E-state index is 0.00373. The number of para-hydroxylation sites is 2. The van der Waals surface area contributed by atoms with Crippen LogP contribution in [0.25, 0.3) is 10.9 Å². The van der Waals surface area contributed by atoms with Crippen LogP contribution in [-0.4, -0.2) is 42.7 Å². The van der Waals surface area contributed by atoms with Crippen molar-refractivity contribution in [3.63, 3.8) is 0 Å². The Morgan fingerprint density at radius 1 is 1.06 bits per heavy atom.